The van der Waals surface area contributed by atoms with E-state index in [1.807, 2.05) is 0 Å². The van der Waals surface area contributed by atoms with E-state index in [0.717, 1.165) is 24.2 Å². The first kappa shape index (κ1) is 23.2. The van der Waals surface area contributed by atoms with E-state index in [9.17, 15) is 4.39 Å². The minimum Gasteiger partial charge on any atom is -0.411 e. The van der Waals surface area contributed by atoms with Crippen molar-refractivity contribution in [1.82, 2.24) is 0 Å². The molecule has 176 valence electrons. The van der Waals surface area contributed by atoms with Crippen LogP contribution in [0.2, 0.25) is 0 Å². The summed E-state index contributed by atoms with van der Waals surface area (Å²) in [5, 5.41) is 12.3. The van der Waals surface area contributed by atoms with Gasteiger partial charge in [0, 0.05) is 0 Å². The molecule has 0 aromatic rings. The highest BCUT2D eigenvalue weighted by Crippen LogP contribution is 2.68. The highest BCUT2D eigenvalue weighted by molar-refractivity contribution is 6.00. The molecule has 4 aliphatic carbocycles. The number of hydrogen-bond donors (Lipinski definition) is 1. The van der Waals surface area contributed by atoms with Crippen LogP contribution in [-0.2, 0) is 0 Å². The van der Waals surface area contributed by atoms with Crippen molar-refractivity contribution in [3.05, 3.63) is 11.6 Å². The number of halogens is 2. The molecular formula is C27H43F2NO. The summed E-state index contributed by atoms with van der Waals surface area (Å²) in [7, 11) is 0. The summed E-state index contributed by atoms with van der Waals surface area (Å²) in [6.45, 7) is 11.7. The average molecular weight is 436 g/mol. The van der Waals surface area contributed by atoms with Crippen LogP contribution >= 0.6 is 0 Å². The first-order chi connectivity index (χ1) is 14.6. The van der Waals surface area contributed by atoms with Gasteiger partial charge in [-0.05, 0) is 96.5 Å². The van der Waals surface area contributed by atoms with Crippen LogP contribution in [0.4, 0.5) is 8.78 Å². The third-order valence-corrected chi connectivity index (χ3v) is 10.3. The van der Waals surface area contributed by atoms with Crippen LogP contribution in [0, 0.1) is 46.3 Å². The Morgan fingerprint density at radius 1 is 1.06 bits per heavy atom. The third-order valence-electron chi connectivity index (χ3n) is 10.3. The van der Waals surface area contributed by atoms with Crippen LogP contribution in [0.1, 0.15) is 92.4 Å². The summed E-state index contributed by atoms with van der Waals surface area (Å²) in [6.07, 6.45) is 8.71. The molecule has 31 heavy (non-hydrogen) atoms. The smallest absolute Gasteiger partial charge is 0.146 e. The first-order valence-electron chi connectivity index (χ1n) is 12.8. The molecule has 4 aliphatic rings. The second-order valence-electron chi connectivity index (χ2n) is 12.3. The Kier molecular flexibility index (Phi) is 6.33. The lowest BCUT2D eigenvalue weighted by atomic mass is 9.46. The van der Waals surface area contributed by atoms with Crippen molar-refractivity contribution in [2.24, 2.45) is 51.5 Å². The van der Waals surface area contributed by atoms with Crippen LogP contribution < -0.4 is 0 Å². The van der Waals surface area contributed by atoms with Crippen LogP contribution in [0.3, 0.4) is 0 Å². The van der Waals surface area contributed by atoms with E-state index in [0.29, 0.717) is 35.2 Å². The maximum absolute atomic E-state index is 15.5. The van der Waals surface area contributed by atoms with Crippen molar-refractivity contribution < 1.29 is 14.0 Å². The standard InChI is InChI=1S/C27H43F2NO/c1-16(2)7-6-8-17(3)19-9-10-20-18-13-23(28)22-14-25(30-31)24(29)15-27(22,5)21(18)11-12-26(19,20)4/h14,16-21,23-24,31H,6-13,15H2,1-5H3/b30-25+/t17-,18+,19-,20+,21+,23?,24?,26-,27-/m1/s1. The Hall–Kier alpha value is -0.930. The largest absolute Gasteiger partial charge is 0.411 e. The van der Waals surface area contributed by atoms with E-state index >= 15 is 4.39 Å². The Balaban J connectivity index is 1.55. The lowest BCUT2D eigenvalue weighted by Crippen LogP contribution is -2.54. The molecule has 2 unspecified atom stereocenters. The summed E-state index contributed by atoms with van der Waals surface area (Å²) in [5.74, 6) is 3.50. The maximum Gasteiger partial charge on any atom is 0.146 e. The van der Waals surface area contributed by atoms with Gasteiger partial charge in [-0.15, -0.1) is 0 Å². The summed E-state index contributed by atoms with van der Waals surface area (Å²) >= 11 is 0. The molecule has 0 radical (unpaired) electrons. The van der Waals surface area contributed by atoms with Gasteiger partial charge in [0.15, 0.2) is 0 Å². The second kappa shape index (κ2) is 8.45. The number of hydrogen-bond acceptors (Lipinski definition) is 2. The molecule has 2 nitrogen and oxygen atoms in total. The van der Waals surface area contributed by atoms with Crippen LogP contribution in [-0.4, -0.2) is 23.3 Å². The molecule has 0 heterocycles. The second-order valence-corrected chi connectivity index (χ2v) is 12.3. The van der Waals surface area contributed by atoms with Crippen molar-refractivity contribution >= 4 is 5.71 Å². The number of alkyl halides is 2. The minimum absolute atomic E-state index is 0.00498. The van der Waals surface area contributed by atoms with Crippen LogP contribution in [0.15, 0.2) is 16.8 Å². The summed E-state index contributed by atoms with van der Waals surface area (Å²) in [4.78, 5) is 0. The lowest BCUT2D eigenvalue weighted by Gasteiger charge is -2.59. The molecular weight excluding hydrogens is 392 g/mol. The van der Waals surface area contributed by atoms with Gasteiger partial charge in [0.05, 0.1) is 0 Å². The molecule has 0 saturated heterocycles. The molecule has 3 saturated carbocycles. The van der Waals surface area contributed by atoms with Crippen molar-refractivity contribution in [3.63, 3.8) is 0 Å². The van der Waals surface area contributed by atoms with E-state index in [2.05, 4.69) is 39.8 Å². The zero-order chi connectivity index (χ0) is 22.6. The topological polar surface area (TPSA) is 32.6 Å². The zero-order valence-corrected chi connectivity index (χ0v) is 20.2. The van der Waals surface area contributed by atoms with Gasteiger partial charge in [-0.3, -0.25) is 0 Å². The fraction of sp³-hybridized carbons (Fsp3) is 0.889. The van der Waals surface area contributed by atoms with E-state index in [1.165, 1.54) is 44.6 Å². The highest BCUT2D eigenvalue weighted by Gasteiger charge is 2.61. The Bertz CT molecular complexity index is 733. The monoisotopic (exact) mass is 435 g/mol. The molecule has 3 fully saturated rings. The quantitative estimate of drug-likeness (QED) is 0.347. The van der Waals surface area contributed by atoms with Crippen molar-refractivity contribution in [2.75, 3.05) is 0 Å². The van der Waals surface area contributed by atoms with Gasteiger partial charge in [-0.2, -0.15) is 0 Å². The molecule has 4 rings (SSSR count). The van der Waals surface area contributed by atoms with Crippen molar-refractivity contribution in [1.29, 1.82) is 0 Å². The fourth-order valence-corrected chi connectivity index (χ4v) is 8.71. The van der Waals surface area contributed by atoms with Gasteiger partial charge in [-0.1, -0.05) is 59.0 Å². The first-order valence-corrected chi connectivity index (χ1v) is 12.8. The molecule has 9 atom stereocenters. The molecule has 0 bridgehead atoms. The fourth-order valence-electron chi connectivity index (χ4n) is 8.71. The Labute approximate surface area is 187 Å². The van der Waals surface area contributed by atoms with Crippen LogP contribution in [0.25, 0.3) is 0 Å². The molecule has 1 N–H and O–H groups in total. The molecule has 0 aromatic carbocycles. The summed E-state index contributed by atoms with van der Waals surface area (Å²) < 4.78 is 30.3. The summed E-state index contributed by atoms with van der Waals surface area (Å²) in [6, 6.07) is 0. The Morgan fingerprint density at radius 3 is 2.48 bits per heavy atom. The molecule has 0 aromatic heterocycles. The molecule has 4 heteroatoms. The van der Waals surface area contributed by atoms with E-state index in [1.54, 1.807) is 0 Å². The Morgan fingerprint density at radius 2 is 1.81 bits per heavy atom. The lowest BCUT2D eigenvalue weighted by molar-refractivity contribution is -0.0749. The zero-order valence-electron chi connectivity index (χ0n) is 20.2. The molecule has 0 aliphatic heterocycles. The number of fused-ring (bicyclic) bond motifs is 5. The SMILES string of the molecule is CC(C)CCC[C@@H](C)[C@H]1CC[C@H]2[C@@H]3CC(F)C4=C/C(=N\O)C(F)C[C@]4(C)[C@H]3CC[C@]12C. The van der Waals surface area contributed by atoms with E-state index in [4.69, 9.17) is 5.21 Å². The molecule has 0 amide bonds. The number of allylic oxidation sites excluding steroid dienone is 2. The van der Waals surface area contributed by atoms with Crippen LogP contribution in [0.5, 0.6) is 0 Å². The molecule has 0 spiro atoms. The average Bonchev–Trinajstić information content (AvgIpc) is 3.04. The third kappa shape index (κ3) is 3.78. The van der Waals surface area contributed by atoms with Gasteiger partial charge in [0.2, 0.25) is 0 Å². The number of rotatable bonds is 5. The van der Waals surface area contributed by atoms with Crippen molar-refractivity contribution in [2.45, 2.75) is 105 Å². The van der Waals surface area contributed by atoms with Gasteiger partial charge in [-0.25, -0.2) is 8.78 Å². The number of oxime groups is 1. The van der Waals surface area contributed by atoms with Gasteiger partial charge in [0.1, 0.15) is 18.1 Å². The van der Waals surface area contributed by atoms with E-state index in [-0.39, 0.29) is 12.1 Å². The minimum atomic E-state index is -1.30. The predicted octanol–water partition coefficient (Wildman–Crippen LogP) is 7.75. The van der Waals surface area contributed by atoms with E-state index < -0.39 is 17.8 Å². The maximum atomic E-state index is 15.5. The predicted molar refractivity (Wildman–Crippen MR) is 123 cm³/mol. The summed E-state index contributed by atoms with van der Waals surface area (Å²) in [5.41, 5.74) is 0.552. The van der Waals surface area contributed by atoms with Crippen molar-refractivity contribution in [3.8, 4) is 0 Å². The number of nitrogens with zero attached hydrogens (tertiary/aromatic N) is 1. The van der Waals surface area contributed by atoms with Gasteiger partial charge >= 0.3 is 0 Å². The van der Waals surface area contributed by atoms with Gasteiger partial charge in [0.25, 0.3) is 0 Å². The highest BCUT2D eigenvalue weighted by atomic mass is 19.1. The van der Waals surface area contributed by atoms with Gasteiger partial charge < -0.3 is 5.21 Å². The normalized spacial score (nSPS) is 47.0.